The Balaban J connectivity index is 0.000000270. The topological polar surface area (TPSA) is 112 Å². The highest BCUT2D eigenvalue weighted by molar-refractivity contribution is 9.09. The van der Waals surface area contributed by atoms with Crippen LogP contribution in [0.25, 0.3) is 0 Å². The third-order valence-corrected chi connectivity index (χ3v) is 9.61. The lowest BCUT2D eigenvalue weighted by Crippen LogP contribution is -2.24. The van der Waals surface area contributed by atoms with Crippen LogP contribution in [0.1, 0.15) is 49.7 Å². The summed E-state index contributed by atoms with van der Waals surface area (Å²) in [6.07, 6.45) is 11.0. The first-order chi connectivity index (χ1) is 24.3. The molecule has 0 aliphatic heterocycles. The number of rotatable bonds is 20. The second-order valence-corrected chi connectivity index (χ2v) is 13.7. The van der Waals surface area contributed by atoms with Gasteiger partial charge in [-0.05, 0) is 73.9 Å². The minimum atomic E-state index is -0.241. The number of aromatic nitrogens is 4. The molecule has 272 valence electrons. The highest BCUT2D eigenvalue weighted by Crippen LogP contribution is 2.18. The molecule has 0 saturated carbocycles. The third-order valence-electron chi connectivity index (χ3n) is 7.75. The van der Waals surface area contributed by atoms with Gasteiger partial charge in [0.15, 0.2) is 0 Å². The number of halogens is 4. The van der Waals surface area contributed by atoms with Gasteiger partial charge in [0.2, 0.25) is 0 Å². The minimum Gasteiger partial charge on any atom is -0.497 e. The minimum absolute atomic E-state index is 0.199. The van der Waals surface area contributed by atoms with Crippen molar-refractivity contribution >= 4 is 66.4 Å². The fraction of sp³-hybridized carbons (Fsp3) is 0.444. The molecule has 4 rings (SSSR count). The van der Waals surface area contributed by atoms with Crippen molar-refractivity contribution < 1.29 is 9.47 Å². The highest BCUT2D eigenvalue weighted by atomic mass is 79.9. The Morgan fingerprint density at radius 2 is 1.00 bits per heavy atom. The molecule has 0 fully saturated rings. The van der Waals surface area contributed by atoms with E-state index in [1.165, 1.54) is 20.5 Å². The Morgan fingerprint density at radius 1 is 0.620 bits per heavy atom. The summed E-state index contributed by atoms with van der Waals surface area (Å²) < 4.78 is 13.2. The molecule has 0 unspecified atom stereocenters. The predicted octanol–water partition coefficient (Wildman–Crippen LogP) is 8.25. The summed E-state index contributed by atoms with van der Waals surface area (Å²) in [7, 11) is 3.30. The predicted molar refractivity (Wildman–Crippen MR) is 213 cm³/mol. The molecule has 14 heteroatoms. The van der Waals surface area contributed by atoms with Gasteiger partial charge < -0.3 is 20.1 Å². The molecule has 10 nitrogen and oxygen atoms in total. The standard InChI is InChI=1S/2C18H23BrClN3O2/c2*1-25-15-7-5-14(6-8-15)9-11-21-16-13-22-23(18(24)17(16)20)12-4-2-3-10-19/h2*5-8,13,21H,2-4,9-12H2,1H3. The zero-order valence-electron chi connectivity index (χ0n) is 28.6. The van der Waals surface area contributed by atoms with Crippen molar-refractivity contribution in [3.8, 4) is 11.5 Å². The average Bonchev–Trinajstić information content (AvgIpc) is 3.14. The Hall–Kier alpha value is -3.06. The Labute approximate surface area is 321 Å². The summed E-state index contributed by atoms with van der Waals surface area (Å²) in [5.41, 5.74) is 3.04. The maximum atomic E-state index is 12.3. The monoisotopic (exact) mass is 854 g/mol. The van der Waals surface area contributed by atoms with E-state index in [-0.39, 0.29) is 21.2 Å². The van der Waals surface area contributed by atoms with Gasteiger partial charge >= 0.3 is 0 Å². The maximum Gasteiger partial charge on any atom is 0.287 e. The van der Waals surface area contributed by atoms with Gasteiger partial charge in [-0.3, -0.25) is 9.59 Å². The number of nitrogens with one attached hydrogen (secondary N) is 2. The maximum absolute atomic E-state index is 12.3. The molecule has 50 heavy (non-hydrogen) atoms. The molecule has 2 heterocycles. The van der Waals surface area contributed by atoms with Gasteiger partial charge in [0, 0.05) is 36.8 Å². The van der Waals surface area contributed by atoms with E-state index >= 15 is 0 Å². The van der Waals surface area contributed by atoms with E-state index in [1.54, 1.807) is 26.6 Å². The second kappa shape index (κ2) is 23.4. The van der Waals surface area contributed by atoms with Crippen LogP contribution in [0.2, 0.25) is 10.0 Å². The lowest BCUT2D eigenvalue weighted by atomic mass is 10.1. The van der Waals surface area contributed by atoms with Gasteiger partial charge in [-0.2, -0.15) is 10.2 Å². The number of hydrogen-bond donors (Lipinski definition) is 2. The lowest BCUT2D eigenvalue weighted by Gasteiger charge is -2.10. The number of unbranched alkanes of at least 4 members (excludes halogenated alkanes) is 4. The van der Waals surface area contributed by atoms with E-state index in [0.29, 0.717) is 37.6 Å². The van der Waals surface area contributed by atoms with E-state index in [1.807, 2.05) is 48.5 Å². The van der Waals surface area contributed by atoms with Crippen LogP contribution in [0.3, 0.4) is 0 Å². The smallest absolute Gasteiger partial charge is 0.287 e. The van der Waals surface area contributed by atoms with Crippen LogP contribution < -0.4 is 31.2 Å². The van der Waals surface area contributed by atoms with Crippen molar-refractivity contribution in [3.63, 3.8) is 0 Å². The first-order valence-corrected chi connectivity index (χ1v) is 19.7. The Kier molecular flexibility index (Phi) is 19.4. The van der Waals surface area contributed by atoms with Gasteiger partial charge in [-0.1, -0.05) is 92.2 Å². The van der Waals surface area contributed by atoms with Crippen molar-refractivity contribution in [1.82, 2.24) is 19.6 Å². The van der Waals surface area contributed by atoms with Gasteiger partial charge in [0.05, 0.1) is 38.0 Å². The number of methoxy groups -OCH3 is 2. The van der Waals surface area contributed by atoms with E-state index < -0.39 is 0 Å². The Morgan fingerprint density at radius 3 is 1.34 bits per heavy atom. The van der Waals surface area contributed by atoms with Crippen LogP contribution in [-0.2, 0) is 25.9 Å². The van der Waals surface area contributed by atoms with Crippen LogP contribution in [0.4, 0.5) is 11.4 Å². The molecule has 0 atom stereocenters. The number of benzene rings is 2. The van der Waals surface area contributed by atoms with Gasteiger partial charge in [0.25, 0.3) is 11.1 Å². The van der Waals surface area contributed by atoms with Crippen LogP contribution in [-0.4, -0.2) is 57.5 Å². The molecule has 0 spiro atoms. The summed E-state index contributed by atoms with van der Waals surface area (Å²) >= 11 is 19.2. The molecular weight excluding hydrogens is 811 g/mol. The van der Waals surface area contributed by atoms with Crippen LogP contribution in [0.15, 0.2) is 70.5 Å². The molecule has 4 aromatic rings. The van der Waals surface area contributed by atoms with E-state index in [4.69, 9.17) is 32.7 Å². The summed E-state index contributed by atoms with van der Waals surface area (Å²) in [5.74, 6) is 1.67. The summed E-state index contributed by atoms with van der Waals surface area (Å²) in [4.78, 5) is 24.5. The zero-order chi connectivity index (χ0) is 36.1. The lowest BCUT2D eigenvalue weighted by molar-refractivity contribution is 0.414. The molecule has 0 amide bonds. The van der Waals surface area contributed by atoms with Gasteiger partial charge in [-0.15, -0.1) is 0 Å². The van der Waals surface area contributed by atoms with Crippen LogP contribution in [0, 0.1) is 0 Å². The van der Waals surface area contributed by atoms with Gasteiger partial charge in [0.1, 0.15) is 21.5 Å². The van der Waals surface area contributed by atoms with Gasteiger partial charge in [-0.25, -0.2) is 9.36 Å². The normalized spacial score (nSPS) is 10.7. The third kappa shape index (κ3) is 13.9. The average molecular weight is 858 g/mol. The molecular formula is C36H46Br2Cl2N6O4. The molecule has 0 aliphatic rings. The first kappa shape index (κ1) is 41.4. The fourth-order valence-corrected chi connectivity index (χ4v) is 6.05. The van der Waals surface area contributed by atoms with Crippen LogP contribution in [0.5, 0.6) is 11.5 Å². The second-order valence-electron chi connectivity index (χ2n) is 11.4. The summed E-state index contributed by atoms with van der Waals surface area (Å²) in [6, 6.07) is 15.8. The number of hydrogen-bond acceptors (Lipinski definition) is 8. The van der Waals surface area contributed by atoms with E-state index in [2.05, 4.69) is 52.7 Å². The Bertz CT molecular complexity index is 1560. The van der Waals surface area contributed by atoms with Crippen LogP contribution >= 0.6 is 55.1 Å². The first-order valence-electron chi connectivity index (χ1n) is 16.7. The SMILES string of the molecule is COc1ccc(CCNc2cnn(CCCCCBr)c(=O)c2Cl)cc1.COc1ccc(CCNc2cnn(CCCCCBr)c(=O)c2Cl)cc1. The van der Waals surface area contributed by atoms with Crippen molar-refractivity contribution in [2.24, 2.45) is 0 Å². The quantitative estimate of drug-likeness (QED) is 0.0676. The van der Waals surface area contributed by atoms with Crippen molar-refractivity contribution in [2.75, 3.05) is 48.6 Å². The molecule has 2 N–H and O–H groups in total. The highest BCUT2D eigenvalue weighted by Gasteiger charge is 2.10. The largest absolute Gasteiger partial charge is 0.497 e. The fourth-order valence-electron chi connectivity index (χ4n) is 4.83. The number of aryl methyl sites for hydroxylation is 2. The zero-order valence-corrected chi connectivity index (χ0v) is 33.3. The molecule has 2 aromatic heterocycles. The molecule has 0 radical (unpaired) electrons. The number of nitrogens with zero attached hydrogens (tertiary/aromatic N) is 4. The summed E-state index contributed by atoms with van der Waals surface area (Å²) in [6.45, 7) is 2.53. The number of ether oxygens (including phenoxy) is 2. The molecule has 0 aliphatic carbocycles. The number of alkyl halides is 2. The molecule has 2 aromatic carbocycles. The molecule has 0 saturated heterocycles. The number of anilines is 2. The van der Waals surface area contributed by atoms with Crippen molar-refractivity contribution in [1.29, 1.82) is 0 Å². The summed E-state index contributed by atoms with van der Waals surface area (Å²) in [5, 5.41) is 17.2. The van der Waals surface area contributed by atoms with E-state index in [0.717, 1.165) is 73.5 Å². The van der Waals surface area contributed by atoms with Crippen molar-refractivity contribution in [3.05, 3.63) is 103 Å². The molecule has 0 bridgehead atoms. The van der Waals surface area contributed by atoms with E-state index in [9.17, 15) is 9.59 Å². The van der Waals surface area contributed by atoms with Crippen molar-refractivity contribution in [2.45, 2.75) is 64.5 Å².